The van der Waals surface area contributed by atoms with Crippen LogP contribution in [0.1, 0.15) is 78.9 Å². The summed E-state index contributed by atoms with van der Waals surface area (Å²) in [6.07, 6.45) is 1.03. The number of carbonyl (C=O) groups is 3. The summed E-state index contributed by atoms with van der Waals surface area (Å²) in [5.74, 6) is 0.956. The number of fused-ring (bicyclic) bond motifs is 1. The lowest BCUT2D eigenvalue weighted by molar-refractivity contribution is 0.0303. The van der Waals surface area contributed by atoms with Crippen LogP contribution in [0.25, 0.3) is 17.0 Å². The Labute approximate surface area is 303 Å². The lowest BCUT2D eigenvalue weighted by atomic mass is 9.86. The number of anilines is 3. The van der Waals surface area contributed by atoms with Gasteiger partial charge in [-0.1, -0.05) is 63.2 Å². The molecule has 0 bridgehead atoms. The molecule has 0 spiro atoms. The Bertz CT molecular complexity index is 2100. The molecule has 0 unspecified atom stereocenters. The number of benzene rings is 3. The molecule has 0 atom stereocenters. The molecule has 12 nitrogen and oxygen atoms in total. The predicted octanol–water partition coefficient (Wildman–Crippen LogP) is 7.39. The summed E-state index contributed by atoms with van der Waals surface area (Å²) in [6, 6.07) is 20.7. The standard InChI is InChI=1S/C40H45N7O5/c1-25-28(23-32(48)26-11-15-29(16-12-26)39(2,3)4)9-8-10-31(25)34-44-35(36-41-24-33(47(36)45-34)43-38(50)52-40(5,6)7)42-30-17-13-27(14-18-30)37(49)46-19-21-51-22-20-46/h8-18,24H,19-23H2,1-7H3,(H,43,50)(H,42,44,45). The lowest BCUT2D eigenvalue weighted by Crippen LogP contribution is -2.40. The van der Waals surface area contributed by atoms with E-state index in [1.165, 1.54) is 10.7 Å². The van der Waals surface area contributed by atoms with E-state index in [4.69, 9.17) is 19.6 Å². The molecular weight excluding hydrogens is 658 g/mol. The number of ether oxygens (including phenoxy) is 2. The van der Waals surface area contributed by atoms with Gasteiger partial charge in [0.15, 0.2) is 28.9 Å². The van der Waals surface area contributed by atoms with Gasteiger partial charge in [-0.15, -0.1) is 5.10 Å². The zero-order valence-corrected chi connectivity index (χ0v) is 30.7. The molecule has 1 fully saturated rings. The summed E-state index contributed by atoms with van der Waals surface area (Å²) in [5.41, 5.74) is 5.08. The third kappa shape index (κ3) is 8.29. The number of nitrogens with one attached hydrogen (secondary N) is 2. The van der Waals surface area contributed by atoms with Crippen LogP contribution in [0, 0.1) is 6.92 Å². The van der Waals surface area contributed by atoms with Crippen molar-refractivity contribution in [1.82, 2.24) is 24.5 Å². The third-order valence-electron chi connectivity index (χ3n) is 8.79. The van der Waals surface area contributed by atoms with Gasteiger partial charge in [0.05, 0.1) is 19.4 Å². The minimum absolute atomic E-state index is 0.00782. The molecule has 2 aromatic heterocycles. The highest BCUT2D eigenvalue weighted by Gasteiger charge is 2.23. The molecule has 3 aromatic carbocycles. The number of carbonyl (C=O) groups excluding carboxylic acids is 3. The number of aromatic nitrogens is 4. The van der Waals surface area contributed by atoms with Gasteiger partial charge in [-0.05, 0) is 74.1 Å². The highest BCUT2D eigenvalue weighted by atomic mass is 16.6. The summed E-state index contributed by atoms with van der Waals surface area (Å²) >= 11 is 0. The van der Waals surface area contributed by atoms with Crippen LogP contribution in [0.15, 0.2) is 72.9 Å². The largest absolute Gasteiger partial charge is 0.444 e. The average molecular weight is 704 g/mol. The predicted molar refractivity (Wildman–Crippen MR) is 200 cm³/mol. The van der Waals surface area contributed by atoms with E-state index >= 15 is 0 Å². The van der Waals surface area contributed by atoms with Crippen LogP contribution in [0.5, 0.6) is 0 Å². The number of morpholine rings is 1. The van der Waals surface area contributed by atoms with E-state index in [1.54, 1.807) is 49.9 Å². The number of rotatable bonds is 8. The summed E-state index contributed by atoms with van der Waals surface area (Å²) in [5, 5.41) is 10.9. The molecule has 0 aliphatic carbocycles. The fourth-order valence-corrected chi connectivity index (χ4v) is 5.90. The van der Waals surface area contributed by atoms with Crippen molar-refractivity contribution in [3.63, 3.8) is 0 Å². The second kappa shape index (κ2) is 14.5. The highest BCUT2D eigenvalue weighted by molar-refractivity contribution is 5.98. The molecule has 2 amide bonds. The van der Waals surface area contributed by atoms with E-state index in [9.17, 15) is 14.4 Å². The first-order valence-electron chi connectivity index (χ1n) is 17.4. The molecular formula is C40H45N7O5. The van der Waals surface area contributed by atoms with E-state index in [0.29, 0.717) is 66.0 Å². The molecule has 0 radical (unpaired) electrons. The van der Waals surface area contributed by atoms with Crippen molar-refractivity contribution < 1.29 is 23.9 Å². The summed E-state index contributed by atoms with van der Waals surface area (Å²) in [6.45, 7) is 15.9. The fraction of sp³-hybridized carbons (Fsp3) is 0.350. The van der Waals surface area contributed by atoms with Crippen LogP contribution < -0.4 is 10.6 Å². The van der Waals surface area contributed by atoms with Gasteiger partial charge < -0.3 is 19.7 Å². The fourth-order valence-electron chi connectivity index (χ4n) is 5.90. The van der Waals surface area contributed by atoms with Crippen LogP contribution >= 0.6 is 0 Å². The van der Waals surface area contributed by atoms with Crippen LogP contribution in [-0.4, -0.2) is 74.2 Å². The molecule has 1 saturated heterocycles. The van der Waals surface area contributed by atoms with Gasteiger partial charge in [0.25, 0.3) is 5.91 Å². The van der Waals surface area contributed by atoms with E-state index in [0.717, 1.165) is 16.7 Å². The van der Waals surface area contributed by atoms with E-state index in [1.807, 2.05) is 49.4 Å². The second-order valence-corrected chi connectivity index (χ2v) is 14.9. The van der Waals surface area contributed by atoms with Gasteiger partial charge in [0, 0.05) is 41.9 Å². The maximum atomic E-state index is 13.4. The van der Waals surface area contributed by atoms with Gasteiger partial charge in [0.1, 0.15) is 5.60 Å². The zero-order valence-electron chi connectivity index (χ0n) is 30.7. The van der Waals surface area contributed by atoms with Crippen LogP contribution in [0.3, 0.4) is 0 Å². The first kappa shape index (κ1) is 36.2. The Morgan fingerprint density at radius 2 is 1.56 bits per heavy atom. The topological polar surface area (TPSA) is 140 Å². The molecule has 12 heteroatoms. The molecule has 2 N–H and O–H groups in total. The summed E-state index contributed by atoms with van der Waals surface area (Å²) < 4.78 is 12.4. The minimum atomic E-state index is -0.712. The lowest BCUT2D eigenvalue weighted by Gasteiger charge is -2.26. The number of Topliss-reactive ketones (excluding diaryl/α,β-unsaturated/α-hetero) is 1. The molecule has 270 valence electrons. The van der Waals surface area contributed by atoms with Crippen molar-refractivity contribution in [3.8, 4) is 11.4 Å². The van der Waals surface area contributed by atoms with Gasteiger partial charge in [-0.25, -0.2) is 14.8 Å². The maximum absolute atomic E-state index is 13.4. The normalized spacial score (nSPS) is 13.6. The molecule has 5 aromatic rings. The molecule has 0 saturated carbocycles. The smallest absolute Gasteiger partial charge is 0.413 e. The quantitative estimate of drug-likeness (QED) is 0.158. The Balaban J connectivity index is 1.33. The third-order valence-corrected chi connectivity index (χ3v) is 8.79. The van der Waals surface area contributed by atoms with Crippen LogP contribution in [0.2, 0.25) is 0 Å². The molecule has 1 aliphatic rings. The Morgan fingerprint density at radius 3 is 2.21 bits per heavy atom. The van der Waals surface area contributed by atoms with E-state index in [-0.39, 0.29) is 29.3 Å². The molecule has 1 aliphatic heterocycles. The molecule has 52 heavy (non-hydrogen) atoms. The highest BCUT2D eigenvalue weighted by Crippen LogP contribution is 2.30. The average Bonchev–Trinajstić information content (AvgIpc) is 3.50. The van der Waals surface area contributed by atoms with Crippen molar-refractivity contribution in [3.05, 3.63) is 101 Å². The zero-order chi connectivity index (χ0) is 37.2. The van der Waals surface area contributed by atoms with Gasteiger partial charge in [-0.2, -0.15) is 4.52 Å². The van der Waals surface area contributed by atoms with Crippen molar-refractivity contribution in [2.24, 2.45) is 0 Å². The number of hydrogen-bond donors (Lipinski definition) is 2. The summed E-state index contributed by atoms with van der Waals surface area (Å²) in [7, 11) is 0. The number of amides is 2. The number of hydrogen-bond acceptors (Lipinski definition) is 9. The first-order chi connectivity index (χ1) is 24.7. The minimum Gasteiger partial charge on any atom is -0.444 e. The van der Waals surface area contributed by atoms with E-state index in [2.05, 4.69) is 36.4 Å². The van der Waals surface area contributed by atoms with Crippen LogP contribution in [-0.2, 0) is 21.3 Å². The van der Waals surface area contributed by atoms with Crippen molar-refractivity contribution >= 4 is 40.8 Å². The summed E-state index contributed by atoms with van der Waals surface area (Å²) in [4.78, 5) is 50.5. The SMILES string of the molecule is Cc1c(CC(=O)c2ccc(C(C)(C)C)cc2)cccc1-c1nc(Nc2ccc(C(=O)N3CCOCC3)cc2)c2ncc(NC(=O)OC(C)(C)C)n2n1. The van der Waals surface area contributed by atoms with Crippen molar-refractivity contribution in [1.29, 1.82) is 0 Å². The van der Waals surface area contributed by atoms with Crippen molar-refractivity contribution in [2.45, 2.75) is 65.9 Å². The van der Waals surface area contributed by atoms with Gasteiger partial charge in [-0.3, -0.25) is 14.9 Å². The molecule has 3 heterocycles. The Hall–Kier alpha value is -5.62. The van der Waals surface area contributed by atoms with E-state index < -0.39 is 11.7 Å². The van der Waals surface area contributed by atoms with Gasteiger partial charge in [0.2, 0.25) is 0 Å². The second-order valence-electron chi connectivity index (χ2n) is 14.9. The Morgan fingerprint density at radius 1 is 0.885 bits per heavy atom. The number of nitrogens with zero attached hydrogens (tertiary/aromatic N) is 5. The van der Waals surface area contributed by atoms with Gasteiger partial charge >= 0.3 is 6.09 Å². The number of ketones is 1. The number of imidazole rings is 1. The first-order valence-corrected chi connectivity index (χ1v) is 17.4. The van der Waals surface area contributed by atoms with Crippen molar-refractivity contribution in [2.75, 3.05) is 36.9 Å². The monoisotopic (exact) mass is 703 g/mol. The Kier molecular flexibility index (Phi) is 10.1. The van der Waals surface area contributed by atoms with Crippen LogP contribution in [0.4, 0.5) is 22.1 Å². The maximum Gasteiger partial charge on any atom is 0.413 e. The molecule has 6 rings (SSSR count).